The Balaban J connectivity index is 1.95. The van der Waals surface area contributed by atoms with E-state index in [0.29, 0.717) is 17.5 Å². The summed E-state index contributed by atoms with van der Waals surface area (Å²) in [6, 6.07) is 2.80. The highest BCUT2D eigenvalue weighted by molar-refractivity contribution is 6.37. The summed E-state index contributed by atoms with van der Waals surface area (Å²) < 4.78 is 0. The topological polar surface area (TPSA) is 49.3 Å². The van der Waals surface area contributed by atoms with Crippen molar-refractivity contribution in [2.75, 3.05) is 6.54 Å². The second-order valence-corrected chi connectivity index (χ2v) is 6.55. The summed E-state index contributed by atoms with van der Waals surface area (Å²) in [7, 11) is 0. The zero-order valence-corrected chi connectivity index (χ0v) is 13.5. The number of halogens is 2. The largest absolute Gasteiger partial charge is 0.507 e. The van der Waals surface area contributed by atoms with Crippen molar-refractivity contribution >= 4 is 29.1 Å². The number of benzene rings is 1. The van der Waals surface area contributed by atoms with Gasteiger partial charge >= 0.3 is 0 Å². The van der Waals surface area contributed by atoms with Gasteiger partial charge in [-0.15, -0.1) is 0 Å². The van der Waals surface area contributed by atoms with Gasteiger partial charge in [0.2, 0.25) is 0 Å². The Morgan fingerprint density at radius 3 is 2.38 bits per heavy atom. The number of hydrogen-bond donors (Lipinski definition) is 2. The fourth-order valence-corrected chi connectivity index (χ4v) is 3.42. The van der Waals surface area contributed by atoms with Gasteiger partial charge in [0, 0.05) is 11.6 Å². The van der Waals surface area contributed by atoms with Crippen LogP contribution < -0.4 is 5.32 Å². The Kier molecular flexibility index (Phi) is 6.19. The number of phenols is 1. The molecule has 1 saturated carbocycles. The first-order valence-electron chi connectivity index (χ1n) is 7.54. The van der Waals surface area contributed by atoms with E-state index in [-0.39, 0.29) is 22.2 Å². The molecule has 0 spiro atoms. The van der Waals surface area contributed by atoms with E-state index in [4.69, 9.17) is 23.2 Å². The molecule has 0 saturated heterocycles. The highest BCUT2D eigenvalue weighted by atomic mass is 35.5. The van der Waals surface area contributed by atoms with E-state index in [1.54, 1.807) is 0 Å². The first-order valence-corrected chi connectivity index (χ1v) is 8.29. The Morgan fingerprint density at radius 2 is 1.76 bits per heavy atom. The minimum Gasteiger partial charge on any atom is -0.507 e. The maximum absolute atomic E-state index is 12.2. The SMILES string of the molecule is O=C(NCC1CCCCCCC1)c1c(O)cc(Cl)cc1Cl. The molecule has 0 unspecified atom stereocenters. The van der Waals surface area contributed by atoms with Crippen LogP contribution >= 0.6 is 23.2 Å². The standard InChI is InChI=1S/C16H21Cl2NO2/c17-12-8-13(18)15(14(20)9-12)16(21)19-10-11-6-4-2-1-3-5-7-11/h8-9,11,20H,1-7,10H2,(H,19,21). The molecule has 0 heterocycles. The zero-order chi connectivity index (χ0) is 15.2. The van der Waals surface area contributed by atoms with Crippen LogP contribution in [0.3, 0.4) is 0 Å². The minimum atomic E-state index is -0.337. The van der Waals surface area contributed by atoms with Gasteiger partial charge < -0.3 is 10.4 Å². The van der Waals surface area contributed by atoms with E-state index in [9.17, 15) is 9.90 Å². The Labute approximate surface area is 135 Å². The normalized spacial score (nSPS) is 17.0. The van der Waals surface area contributed by atoms with Crippen LogP contribution in [0.2, 0.25) is 10.0 Å². The van der Waals surface area contributed by atoms with Crippen LogP contribution in [0.1, 0.15) is 55.3 Å². The summed E-state index contributed by atoms with van der Waals surface area (Å²) in [6.45, 7) is 0.636. The van der Waals surface area contributed by atoms with Crippen molar-refractivity contribution in [3.8, 4) is 5.75 Å². The van der Waals surface area contributed by atoms with Gasteiger partial charge in [-0.1, -0.05) is 55.3 Å². The molecule has 21 heavy (non-hydrogen) atoms. The van der Waals surface area contributed by atoms with E-state index in [1.165, 1.54) is 44.2 Å². The second kappa shape index (κ2) is 7.90. The molecule has 5 heteroatoms. The molecule has 0 radical (unpaired) electrons. The summed E-state index contributed by atoms with van der Waals surface area (Å²) in [5.41, 5.74) is 0.104. The average Bonchev–Trinajstić information content (AvgIpc) is 2.36. The van der Waals surface area contributed by atoms with Crippen LogP contribution in [0.5, 0.6) is 5.75 Å². The minimum absolute atomic E-state index is 0.104. The molecule has 3 nitrogen and oxygen atoms in total. The maximum Gasteiger partial charge on any atom is 0.256 e. The molecule has 1 aliphatic rings. The molecular formula is C16H21Cl2NO2. The smallest absolute Gasteiger partial charge is 0.256 e. The summed E-state index contributed by atoms with van der Waals surface area (Å²) >= 11 is 11.8. The zero-order valence-electron chi connectivity index (χ0n) is 12.0. The van der Waals surface area contributed by atoms with Crippen molar-refractivity contribution in [2.24, 2.45) is 5.92 Å². The third-order valence-electron chi connectivity index (χ3n) is 4.04. The quantitative estimate of drug-likeness (QED) is 0.837. The van der Waals surface area contributed by atoms with Gasteiger partial charge in [0.15, 0.2) is 0 Å². The predicted molar refractivity (Wildman–Crippen MR) is 86.3 cm³/mol. The molecule has 116 valence electrons. The van der Waals surface area contributed by atoms with Crippen LogP contribution in [0.15, 0.2) is 12.1 Å². The molecule has 1 aliphatic carbocycles. The number of rotatable bonds is 3. The van der Waals surface area contributed by atoms with Crippen molar-refractivity contribution in [3.63, 3.8) is 0 Å². The van der Waals surface area contributed by atoms with Crippen molar-refractivity contribution in [3.05, 3.63) is 27.7 Å². The molecule has 0 aliphatic heterocycles. The van der Waals surface area contributed by atoms with Gasteiger partial charge in [-0.2, -0.15) is 0 Å². The summed E-state index contributed by atoms with van der Waals surface area (Å²) in [5, 5.41) is 13.2. The lowest BCUT2D eigenvalue weighted by atomic mass is 9.91. The molecule has 1 amide bonds. The van der Waals surface area contributed by atoms with Gasteiger partial charge in [-0.3, -0.25) is 4.79 Å². The number of amides is 1. The molecule has 1 fully saturated rings. The number of phenolic OH excluding ortho intramolecular Hbond substituents is 1. The van der Waals surface area contributed by atoms with E-state index >= 15 is 0 Å². The van der Waals surface area contributed by atoms with Gasteiger partial charge in [0.05, 0.1) is 10.6 Å². The van der Waals surface area contributed by atoms with Crippen LogP contribution in [0, 0.1) is 5.92 Å². The molecule has 0 bridgehead atoms. The van der Waals surface area contributed by atoms with E-state index < -0.39 is 0 Å². The third kappa shape index (κ3) is 4.79. The lowest BCUT2D eigenvalue weighted by Crippen LogP contribution is -2.30. The average molecular weight is 330 g/mol. The highest BCUT2D eigenvalue weighted by Gasteiger charge is 2.18. The van der Waals surface area contributed by atoms with Gasteiger partial charge in [0.25, 0.3) is 5.91 Å². The number of carbonyl (C=O) groups is 1. The highest BCUT2D eigenvalue weighted by Crippen LogP contribution is 2.30. The van der Waals surface area contributed by atoms with Gasteiger partial charge in [-0.25, -0.2) is 0 Å². The lowest BCUT2D eigenvalue weighted by Gasteiger charge is -2.20. The molecule has 2 N–H and O–H groups in total. The van der Waals surface area contributed by atoms with Crippen LogP contribution in [0.25, 0.3) is 0 Å². The van der Waals surface area contributed by atoms with Crippen LogP contribution in [0.4, 0.5) is 0 Å². The predicted octanol–water partition coefficient (Wildman–Crippen LogP) is 4.79. The fourth-order valence-electron chi connectivity index (χ4n) is 2.86. The number of hydrogen-bond acceptors (Lipinski definition) is 2. The summed E-state index contributed by atoms with van der Waals surface area (Å²) in [4.78, 5) is 12.2. The molecular weight excluding hydrogens is 309 g/mol. The Hall–Kier alpha value is -0.930. The van der Waals surface area contributed by atoms with Crippen molar-refractivity contribution in [1.29, 1.82) is 0 Å². The Bertz CT molecular complexity index is 474. The number of carbonyl (C=O) groups excluding carboxylic acids is 1. The number of nitrogens with one attached hydrogen (secondary N) is 1. The van der Waals surface area contributed by atoms with E-state index in [1.807, 2.05) is 0 Å². The summed E-state index contributed by atoms with van der Waals surface area (Å²) in [6.07, 6.45) is 8.66. The first kappa shape index (κ1) is 16.4. The van der Waals surface area contributed by atoms with Crippen molar-refractivity contribution in [2.45, 2.75) is 44.9 Å². The van der Waals surface area contributed by atoms with Crippen LogP contribution in [-0.2, 0) is 0 Å². The molecule has 2 rings (SSSR count). The van der Waals surface area contributed by atoms with E-state index in [2.05, 4.69) is 5.32 Å². The lowest BCUT2D eigenvalue weighted by molar-refractivity contribution is 0.0942. The molecule has 1 aromatic rings. The molecule has 0 aromatic heterocycles. The molecule has 1 aromatic carbocycles. The summed E-state index contributed by atoms with van der Waals surface area (Å²) in [5.74, 6) is 0.00126. The fraction of sp³-hybridized carbons (Fsp3) is 0.562. The monoisotopic (exact) mass is 329 g/mol. The van der Waals surface area contributed by atoms with Crippen molar-refractivity contribution < 1.29 is 9.90 Å². The molecule has 0 atom stereocenters. The third-order valence-corrected chi connectivity index (χ3v) is 4.55. The van der Waals surface area contributed by atoms with Gasteiger partial charge in [0.1, 0.15) is 5.75 Å². The van der Waals surface area contributed by atoms with Gasteiger partial charge in [-0.05, 0) is 30.9 Å². The second-order valence-electron chi connectivity index (χ2n) is 5.70. The van der Waals surface area contributed by atoms with Crippen molar-refractivity contribution in [1.82, 2.24) is 5.32 Å². The Morgan fingerprint density at radius 1 is 1.14 bits per heavy atom. The van der Waals surface area contributed by atoms with E-state index in [0.717, 1.165) is 12.8 Å². The first-order chi connectivity index (χ1) is 10.1. The maximum atomic E-state index is 12.2. The van der Waals surface area contributed by atoms with Crippen LogP contribution in [-0.4, -0.2) is 17.6 Å². The number of aromatic hydroxyl groups is 1.